The van der Waals surface area contributed by atoms with Gasteiger partial charge in [0.25, 0.3) is 0 Å². The summed E-state index contributed by atoms with van der Waals surface area (Å²) in [5, 5.41) is 1.73. The molecule has 0 aromatic carbocycles. The molecule has 2 atom stereocenters. The number of allylic oxidation sites excluding steroid dienone is 2. The van der Waals surface area contributed by atoms with Gasteiger partial charge in [0.2, 0.25) is 0 Å². The van der Waals surface area contributed by atoms with Crippen LogP contribution in [0.5, 0.6) is 0 Å². The second-order valence-corrected chi connectivity index (χ2v) is 15.1. The lowest BCUT2D eigenvalue weighted by molar-refractivity contribution is 0.432. The average molecular weight is 621 g/mol. The van der Waals surface area contributed by atoms with Gasteiger partial charge in [-0.15, -0.1) is 9.24 Å². The molecule has 0 rings (SSSR count). The predicted molar refractivity (Wildman–Crippen MR) is 205 cm³/mol. The number of hydrogen-bond donors (Lipinski definition) is 0. The van der Waals surface area contributed by atoms with Crippen LogP contribution >= 0.6 is 9.24 Å². The van der Waals surface area contributed by atoms with Crippen LogP contribution in [0.3, 0.4) is 0 Å². The summed E-state index contributed by atoms with van der Waals surface area (Å²) in [5.74, 6) is 0.863. The second-order valence-electron chi connectivity index (χ2n) is 14.4. The minimum atomic E-state index is 0.863. The maximum absolute atomic E-state index is 3.30. The third-order valence-electron chi connectivity index (χ3n) is 10.1. The summed E-state index contributed by atoms with van der Waals surface area (Å²) in [6.45, 7) is 9.33. The van der Waals surface area contributed by atoms with Gasteiger partial charge in [-0.05, 0) is 44.4 Å². The Morgan fingerprint density at radius 2 is 0.581 bits per heavy atom. The van der Waals surface area contributed by atoms with E-state index in [2.05, 4.69) is 36.9 Å². The Bertz CT molecular complexity index is 549. The summed E-state index contributed by atoms with van der Waals surface area (Å²) < 4.78 is 0. The van der Waals surface area contributed by atoms with Gasteiger partial charge in [0.05, 0.1) is 0 Å². The van der Waals surface area contributed by atoms with Crippen LogP contribution in [0, 0.1) is 5.92 Å². The molecule has 0 aromatic rings. The summed E-state index contributed by atoms with van der Waals surface area (Å²) in [5.41, 5.74) is 1.90. The lowest BCUT2D eigenvalue weighted by Crippen LogP contribution is -2.08. The number of unbranched alkanes of at least 4 members (excludes halogenated alkanes) is 27. The molecule has 43 heavy (non-hydrogen) atoms. The first-order valence-corrected chi connectivity index (χ1v) is 21.3. The Hall–Kier alpha value is 0.170. The summed E-state index contributed by atoms with van der Waals surface area (Å²) in [6, 6.07) is 0. The quantitative estimate of drug-likeness (QED) is 0.0483. The van der Waals surface area contributed by atoms with Gasteiger partial charge in [-0.25, -0.2) is 0 Å². The van der Waals surface area contributed by atoms with Crippen LogP contribution in [-0.2, 0) is 0 Å². The highest BCUT2D eigenvalue weighted by Gasteiger charge is 2.17. The van der Waals surface area contributed by atoms with E-state index in [4.69, 9.17) is 0 Å². The molecule has 0 saturated heterocycles. The lowest BCUT2D eigenvalue weighted by Gasteiger charge is -2.24. The van der Waals surface area contributed by atoms with Crippen LogP contribution in [0.25, 0.3) is 0 Å². The smallest absolute Gasteiger partial charge is 0.0197 e. The molecule has 0 bridgehead atoms. The van der Waals surface area contributed by atoms with Crippen LogP contribution < -0.4 is 0 Å². The Morgan fingerprint density at radius 1 is 0.326 bits per heavy atom. The van der Waals surface area contributed by atoms with Crippen LogP contribution in [0.4, 0.5) is 0 Å². The van der Waals surface area contributed by atoms with Gasteiger partial charge in [0, 0.05) is 0 Å². The first kappa shape index (κ1) is 43.2. The van der Waals surface area contributed by atoms with Crippen LogP contribution in [0.15, 0.2) is 10.9 Å². The minimum Gasteiger partial charge on any atom is -0.110 e. The van der Waals surface area contributed by atoms with E-state index in [0.29, 0.717) is 0 Å². The predicted octanol–water partition coefficient (Wildman–Crippen LogP) is 16.5. The van der Waals surface area contributed by atoms with Crippen molar-refractivity contribution < 1.29 is 0 Å². The molecule has 1 heteroatoms. The molecule has 258 valence electrons. The largest absolute Gasteiger partial charge is 0.110 e. The van der Waals surface area contributed by atoms with Crippen LogP contribution in [0.2, 0.25) is 0 Å². The van der Waals surface area contributed by atoms with Crippen molar-refractivity contribution >= 4 is 9.24 Å². The van der Waals surface area contributed by atoms with Crippen molar-refractivity contribution in [3.63, 3.8) is 0 Å². The normalized spacial score (nSPS) is 13.0. The molecule has 0 aromatic heterocycles. The molecule has 0 heterocycles. The standard InChI is InChI=1S/C42H85P/c1-5-9-13-17-21-22-23-24-25-26-27-29-33-37-40(36-32-28-18-14-10-6-2)41(38-34-30-19-15-11-7-3)42(43)39-35-31-20-16-12-8-4/h40H,5-39,43H2,1-4H3/b42-41-. The van der Waals surface area contributed by atoms with E-state index in [-0.39, 0.29) is 0 Å². The molecule has 0 amide bonds. The van der Waals surface area contributed by atoms with Gasteiger partial charge in [0.1, 0.15) is 0 Å². The fraction of sp³-hybridized carbons (Fsp3) is 0.952. The van der Waals surface area contributed by atoms with E-state index in [1.165, 1.54) is 225 Å². The molecule has 0 aliphatic rings. The Kier molecular flexibility index (Phi) is 36.8. The van der Waals surface area contributed by atoms with Crippen molar-refractivity contribution in [3.05, 3.63) is 10.9 Å². The zero-order valence-electron chi connectivity index (χ0n) is 30.9. The van der Waals surface area contributed by atoms with Crippen molar-refractivity contribution in [2.45, 2.75) is 252 Å². The van der Waals surface area contributed by atoms with Gasteiger partial charge in [-0.1, -0.05) is 225 Å². The number of hydrogen-bond acceptors (Lipinski definition) is 0. The van der Waals surface area contributed by atoms with Gasteiger partial charge >= 0.3 is 0 Å². The Morgan fingerprint density at radius 3 is 0.907 bits per heavy atom. The fourth-order valence-corrected chi connectivity index (χ4v) is 7.64. The molecule has 0 aliphatic heterocycles. The topological polar surface area (TPSA) is 0 Å². The van der Waals surface area contributed by atoms with Gasteiger partial charge in [0.15, 0.2) is 0 Å². The highest BCUT2D eigenvalue weighted by Crippen LogP contribution is 2.35. The van der Waals surface area contributed by atoms with Gasteiger partial charge in [-0.3, -0.25) is 0 Å². The van der Waals surface area contributed by atoms with E-state index in [1.54, 1.807) is 5.31 Å². The van der Waals surface area contributed by atoms with Crippen molar-refractivity contribution in [1.29, 1.82) is 0 Å². The van der Waals surface area contributed by atoms with Crippen LogP contribution in [0.1, 0.15) is 252 Å². The molecule has 0 nitrogen and oxygen atoms in total. The minimum absolute atomic E-state index is 0.863. The van der Waals surface area contributed by atoms with Crippen molar-refractivity contribution in [2.24, 2.45) is 5.92 Å². The highest BCUT2D eigenvalue weighted by atomic mass is 31.0. The number of rotatable bonds is 36. The van der Waals surface area contributed by atoms with Gasteiger partial charge in [-0.2, -0.15) is 0 Å². The maximum atomic E-state index is 3.30. The van der Waals surface area contributed by atoms with E-state index in [9.17, 15) is 0 Å². The first-order chi connectivity index (χ1) is 21.2. The molecular formula is C42H85P. The maximum Gasteiger partial charge on any atom is -0.0197 e. The third-order valence-corrected chi connectivity index (χ3v) is 10.7. The second kappa shape index (κ2) is 36.6. The molecule has 0 aliphatic carbocycles. The van der Waals surface area contributed by atoms with Crippen molar-refractivity contribution in [3.8, 4) is 0 Å². The zero-order valence-corrected chi connectivity index (χ0v) is 32.1. The molecule has 0 N–H and O–H groups in total. The molecule has 0 radical (unpaired) electrons. The average Bonchev–Trinajstić information content (AvgIpc) is 3.01. The summed E-state index contributed by atoms with van der Waals surface area (Å²) in [6.07, 6.45) is 50.4. The summed E-state index contributed by atoms with van der Waals surface area (Å²) in [4.78, 5) is 0. The fourth-order valence-electron chi connectivity index (χ4n) is 7.05. The van der Waals surface area contributed by atoms with Crippen molar-refractivity contribution in [1.82, 2.24) is 0 Å². The van der Waals surface area contributed by atoms with E-state index >= 15 is 0 Å². The van der Waals surface area contributed by atoms with E-state index in [0.717, 1.165) is 5.92 Å². The van der Waals surface area contributed by atoms with Crippen molar-refractivity contribution in [2.75, 3.05) is 0 Å². The Labute approximate surface area is 277 Å². The zero-order chi connectivity index (χ0) is 31.5. The summed E-state index contributed by atoms with van der Waals surface area (Å²) in [7, 11) is 3.30. The monoisotopic (exact) mass is 621 g/mol. The Balaban J connectivity index is 4.83. The molecule has 0 spiro atoms. The first-order valence-electron chi connectivity index (χ1n) is 20.7. The third kappa shape index (κ3) is 30.6. The molecule has 2 unspecified atom stereocenters. The lowest BCUT2D eigenvalue weighted by atomic mass is 9.84. The van der Waals surface area contributed by atoms with Crippen LogP contribution in [-0.4, -0.2) is 0 Å². The highest BCUT2D eigenvalue weighted by molar-refractivity contribution is 7.22. The molecule has 0 fully saturated rings. The van der Waals surface area contributed by atoms with E-state index < -0.39 is 0 Å². The summed E-state index contributed by atoms with van der Waals surface area (Å²) >= 11 is 0. The van der Waals surface area contributed by atoms with E-state index in [1.807, 2.05) is 5.57 Å². The van der Waals surface area contributed by atoms with Gasteiger partial charge < -0.3 is 0 Å². The molecular weight excluding hydrogens is 535 g/mol. The SMILES string of the molecule is CCCCCCCCCCCCCCCC(CCCCCCCC)/C(CCCCCCCC)=C(\P)CCCCCCCC. The molecule has 0 saturated carbocycles.